The lowest BCUT2D eigenvalue weighted by molar-refractivity contribution is 0.624. The molecule has 3 rings (SSSR count). The van der Waals surface area contributed by atoms with Gasteiger partial charge in [-0.1, -0.05) is 42.0 Å². The predicted molar refractivity (Wildman–Crippen MR) is 124 cm³/mol. The SMILES string of the molecule is CN=C(NCCCn1c(C)nc2ccccc21)NCc1ccc(C)cc1.I. The molecule has 0 radical (unpaired) electrons. The van der Waals surface area contributed by atoms with E-state index in [4.69, 9.17) is 0 Å². The second-order valence-corrected chi connectivity index (χ2v) is 6.49. The first-order chi connectivity index (χ1) is 12.7. The van der Waals surface area contributed by atoms with Crippen molar-refractivity contribution in [2.45, 2.75) is 33.4 Å². The summed E-state index contributed by atoms with van der Waals surface area (Å²) in [5, 5.41) is 6.75. The highest BCUT2D eigenvalue weighted by molar-refractivity contribution is 14.0. The Labute approximate surface area is 178 Å². The van der Waals surface area contributed by atoms with Gasteiger partial charge in [0.2, 0.25) is 0 Å². The number of para-hydroxylation sites is 2. The van der Waals surface area contributed by atoms with Crippen LogP contribution in [0.3, 0.4) is 0 Å². The van der Waals surface area contributed by atoms with E-state index in [0.29, 0.717) is 0 Å². The lowest BCUT2D eigenvalue weighted by Gasteiger charge is -2.13. The molecule has 1 heterocycles. The minimum Gasteiger partial charge on any atom is -0.356 e. The molecular formula is C21H28IN5. The summed E-state index contributed by atoms with van der Waals surface area (Å²) in [5.41, 5.74) is 4.79. The van der Waals surface area contributed by atoms with E-state index < -0.39 is 0 Å². The predicted octanol–water partition coefficient (Wildman–Crippen LogP) is 4.03. The lowest BCUT2D eigenvalue weighted by Crippen LogP contribution is -2.37. The van der Waals surface area contributed by atoms with Crippen molar-refractivity contribution in [3.05, 3.63) is 65.5 Å². The quantitative estimate of drug-likeness (QED) is 0.244. The number of guanidine groups is 1. The van der Waals surface area contributed by atoms with Crippen molar-refractivity contribution in [3.8, 4) is 0 Å². The number of aliphatic imine (C=N–C) groups is 1. The number of aromatic nitrogens is 2. The van der Waals surface area contributed by atoms with E-state index >= 15 is 0 Å². The summed E-state index contributed by atoms with van der Waals surface area (Å²) >= 11 is 0. The number of imidazole rings is 1. The van der Waals surface area contributed by atoms with Crippen LogP contribution in [-0.2, 0) is 13.1 Å². The largest absolute Gasteiger partial charge is 0.356 e. The zero-order valence-electron chi connectivity index (χ0n) is 16.2. The van der Waals surface area contributed by atoms with Crippen molar-refractivity contribution in [2.75, 3.05) is 13.6 Å². The minimum atomic E-state index is 0. The first-order valence-electron chi connectivity index (χ1n) is 9.09. The van der Waals surface area contributed by atoms with E-state index in [-0.39, 0.29) is 24.0 Å². The van der Waals surface area contributed by atoms with E-state index in [1.54, 1.807) is 7.05 Å². The van der Waals surface area contributed by atoms with Crippen molar-refractivity contribution in [2.24, 2.45) is 4.99 Å². The molecule has 0 bridgehead atoms. The van der Waals surface area contributed by atoms with Crippen LogP contribution in [0.25, 0.3) is 11.0 Å². The summed E-state index contributed by atoms with van der Waals surface area (Å²) in [7, 11) is 1.80. The fraction of sp³-hybridized carbons (Fsp3) is 0.333. The van der Waals surface area contributed by atoms with Crippen LogP contribution in [0.5, 0.6) is 0 Å². The monoisotopic (exact) mass is 477 g/mol. The molecule has 0 saturated heterocycles. The molecule has 0 fully saturated rings. The van der Waals surface area contributed by atoms with Crippen molar-refractivity contribution < 1.29 is 0 Å². The first-order valence-corrected chi connectivity index (χ1v) is 9.09. The second-order valence-electron chi connectivity index (χ2n) is 6.49. The maximum Gasteiger partial charge on any atom is 0.191 e. The average molecular weight is 477 g/mol. The van der Waals surface area contributed by atoms with Crippen LogP contribution in [0.2, 0.25) is 0 Å². The Hall–Kier alpha value is -2.09. The van der Waals surface area contributed by atoms with Gasteiger partial charge in [-0.3, -0.25) is 4.99 Å². The van der Waals surface area contributed by atoms with Crippen LogP contribution in [0.4, 0.5) is 0 Å². The molecule has 0 atom stereocenters. The molecular weight excluding hydrogens is 449 g/mol. The van der Waals surface area contributed by atoms with Crippen molar-refractivity contribution >= 4 is 41.0 Å². The van der Waals surface area contributed by atoms with Crippen molar-refractivity contribution in [1.82, 2.24) is 20.2 Å². The molecule has 0 aliphatic carbocycles. The van der Waals surface area contributed by atoms with Gasteiger partial charge in [-0.05, 0) is 38.0 Å². The molecule has 3 aromatic rings. The fourth-order valence-electron chi connectivity index (χ4n) is 3.03. The minimum absolute atomic E-state index is 0. The Morgan fingerprint density at radius 1 is 1.04 bits per heavy atom. The number of nitrogens with zero attached hydrogens (tertiary/aromatic N) is 3. The molecule has 5 nitrogen and oxygen atoms in total. The third-order valence-electron chi connectivity index (χ3n) is 4.50. The second kappa shape index (κ2) is 10.3. The highest BCUT2D eigenvalue weighted by Gasteiger charge is 2.06. The molecule has 0 amide bonds. The van der Waals surface area contributed by atoms with Gasteiger partial charge in [0.05, 0.1) is 11.0 Å². The Morgan fingerprint density at radius 3 is 2.52 bits per heavy atom. The number of benzene rings is 2. The smallest absolute Gasteiger partial charge is 0.191 e. The zero-order chi connectivity index (χ0) is 18.4. The molecule has 0 aliphatic rings. The van der Waals surface area contributed by atoms with Gasteiger partial charge in [-0.25, -0.2) is 4.98 Å². The number of halogens is 1. The maximum absolute atomic E-state index is 4.62. The van der Waals surface area contributed by atoms with E-state index in [0.717, 1.165) is 43.4 Å². The van der Waals surface area contributed by atoms with E-state index in [1.807, 2.05) is 6.07 Å². The third kappa shape index (κ3) is 5.69. The molecule has 0 unspecified atom stereocenters. The third-order valence-corrected chi connectivity index (χ3v) is 4.50. The van der Waals surface area contributed by atoms with Gasteiger partial charge in [0.15, 0.2) is 5.96 Å². The van der Waals surface area contributed by atoms with Crippen molar-refractivity contribution in [1.29, 1.82) is 0 Å². The van der Waals surface area contributed by atoms with Crippen LogP contribution in [0, 0.1) is 13.8 Å². The van der Waals surface area contributed by atoms with Gasteiger partial charge in [-0.15, -0.1) is 24.0 Å². The first kappa shape index (κ1) is 21.2. The molecule has 144 valence electrons. The summed E-state index contributed by atoms with van der Waals surface area (Å²) < 4.78 is 2.28. The van der Waals surface area contributed by atoms with Gasteiger partial charge >= 0.3 is 0 Å². The Bertz CT molecular complexity index is 883. The number of fused-ring (bicyclic) bond motifs is 1. The van der Waals surface area contributed by atoms with Gasteiger partial charge in [-0.2, -0.15) is 0 Å². The number of nitrogens with one attached hydrogen (secondary N) is 2. The maximum atomic E-state index is 4.62. The topological polar surface area (TPSA) is 54.2 Å². The van der Waals surface area contributed by atoms with Crippen LogP contribution in [0.1, 0.15) is 23.4 Å². The Balaban J connectivity index is 0.00000261. The Morgan fingerprint density at radius 2 is 1.78 bits per heavy atom. The molecule has 0 spiro atoms. The fourth-order valence-corrected chi connectivity index (χ4v) is 3.03. The molecule has 1 aromatic heterocycles. The average Bonchev–Trinajstić information content (AvgIpc) is 2.98. The molecule has 0 saturated carbocycles. The molecule has 6 heteroatoms. The lowest BCUT2D eigenvalue weighted by atomic mass is 10.1. The summed E-state index contributed by atoms with van der Waals surface area (Å²) in [6, 6.07) is 16.8. The van der Waals surface area contributed by atoms with Crippen LogP contribution in [0.15, 0.2) is 53.5 Å². The summed E-state index contributed by atoms with van der Waals surface area (Å²) in [4.78, 5) is 8.92. The molecule has 0 aliphatic heterocycles. The Kier molecular flexibility index (Phi) is 8.09. The molecule has 2 aromatic carbocycles. The van der Waals surface area contributed by atoms with Crippen molar-refractivity contribution in [3.63, 3.8) is 0 Å². The summed E-state index contributed by atoms with van der Waals surface area (Å²) in [5.74, 6) is 1.89. The van der Waals surface area contributed by atoms with Gasteiger partial charge in [0, 0.05) is 26.7 Å². The molecule has 2 N–H and O–H groups in total. The summed E-state index contributed by atoms with van der Waals surface area (Å²) in [6.45, 7) is 6.73. The highest BCUT2D eigenvalue weighted by atomic mass is 127. The van der Waals surface area contributed by atoms with E-state index in [1.165, 1.54) is 16.6 Å². The van der Waals surface area contributed by atoms with Crippen LogP contribution >= 0.6 is 24.0 Å². The number of hydrogen-bond acceptors (Lipinski definition) is 2. The standard InChI is InChI=1S/C21H27N5.HI/c1-16-9-11-18(12-10-16)15-24-21(22-3)23-13-6-14-26-17(2)25-19-7-4-5-8-20(19)26;/h4-5,7-12H,6,13-15H2,1-3H3,(H2,22,23,24);1H. The summed E-state index contributed by atoms with van der Waals surface area (Å²) in [6.07, 6.45) is 1.01. The van der Waals surface area contributed by atoms with Crippen LogP contribution < -0.4 is 10.6 Å². The zero-order valence-corrected chi connectivity index (χ0v) is 18.5. The highest BCUT2D eigenvalue weighted by Crippen LogP contribution is 2.15. The normalized spacial score (nSPS) is 11.3. The number of rotatable bonds is 6. The van der Waals surface area contributed by atoms with E-state index in [9.17, 15) is 0 Å². The van der Waals surface area contributed by atoms with Gasteiger partial charge in [0.25, 0.3) is 0 Å². The number of hydrogen-bond donors (Lipinski definition) is 2. The van der Waals surface area contributed by atoms with Gasteiger partial charge in [0.1, 0.15) is 5.82 Å². The van der Waals surface area contributed by atoms with Gasteiger partial charge < -0.3 is 15.2 Å². The number of aryl methyl sites for hydroxylation is 3. The van der Waals surface area contributed by atoms with E-state index in [2.05, 4.69) is 81.5 Å². The molecule has 27 heavy (non-hydrogen) atoms. The van der Waals surface area contributed by atoms with Crippen LogP contribution in [-0.4, -0.2) is 29.1 Å².